The molecule has 0 aromatic carbocycles. The molecule has 10 nitrogen and oxygen atoms in total. The van der Waals surface area contributed by atoms with Crippen LogP contribution < -0.4 is 40.6 Å². The molecule has 0 spiro atoms. The van der Waals surface area contributed by atoms with Crippen LogP contribution in [0.5, 0.6) is 0 Å². The van der Waals surface area contributed by atoms with Gasteiger partial charge in [-0.2, -0.15) is 0 Å². The number of rotatable bonds is 5. The number of fused-ring (bicyclic) bond motifs is 1. The predicted molar refractivity (Wildman–Crippen MR) is 96.5 cm³/mol. The first kappa shape index (κ1) is 21.7. The van der Waals surface area contributed by atoms with Gasteiger partial charge in [0.25, 0.3) is 11.8 Å². The summed E-state index contributed by atoms with van der Waals surface area (Å²) < 4.78 is 0. The number of carboxylic acids is 1. The number of nitrogens with two attached hydrogens (primary N) is 1. The maximum atomic E-state index is 12.5. The van der Waals surface area contributed by atoms with Crippen molar-refractivity contribution < 1.29 is 55.3 Å². The maximum absolute atomic E-state index is 12.5. The molecule has 27 heavy (non-hydrogen) atoms. The van der Waals surface area contributed by atoms with E-state index in [-0.39, 0.29) is 53.2 Å². The number of carbonyl (C=O) groups is 3. The third-order valence-corrected chi connectivity index (χ3v) is 5.91. The molecule has 0 aliphatic carbocycles. The molecule has 3 heterocycles. The van der Waals surface area contributed by atoms with E-state index >= 15 is 0 Å². The molecule has 2 aliphatic rings. The first-order chi connectivity index (χ1) is 12.3. The molecule has 2 atom stereocenters. The number of hydrogen-bond donors (Lipinski definition) is 3. The number of aliphatic carboxylic acids is 1. The van der Waals surface area contributed by atoms with E-state index in [9.17, 15) is 19.5 Å². The number of nitrogens with zero attached hydrogens (tertiary/aromatic N) is 3. The minimum atomic E-state index is -1.16. The summed E-state index contributed by atoms with van der Waals surface area (Å²) in [6, 6.07) is -0.854. The molecule has 2 amide bonds. The monoisotopic (exact) mass is 421 g/mol. The van der Waals surface area contributed by atoms with Crippen LogP contribution in [0.3, 0.4) is 0 Å². The summed E-state index contributed by atoms with van der Waals surface area (Å²) in [6.45, 7) is 1.67. The summed E-state index contributed by atoms with van der Waals surface area (Å²) in [6.07, 6.45) is 0. The molecule has 1 aromatic rings. The van der Waals surface area contributed by atoms with Gasteiger partial charge >= 0.3 is 35.5 Å². The number of aromatic nitrogens is 1. The van der Waals surface area contributed by atoms with Crippen molar-refractivity contribution in [2.45, 2.75) is 18.3 Å². The molecule has 0 saturated carbocycles. The fourth-order valence-electron chi connectivity index (χ4n) is 2.68. The van der Waals surface area contributed by atoms with Crippen LogP contribution in [0.1, 0.15) is 14.0 Å². The average molecular weight is 421 g/mol. The van der Waals surface area contributed by atoms with Crippen molar-refractivity contribution >= 4 is 51.7 Å². The van der Waals surface area contributed by atoms with Gasteiger partial charge in [0.1, 0.15) is 29.9 Å². The SMILES string of the molecule is CO/N=C(\C(=O)NC1C(=O)N2C(C(=O)O)=C(C)CS[C@H]12)c1csc(N)n1.[H-].[Na+]. The second-order valence-electron chi connectivity index (χ2n) is 5.49. The van der Waals surface area contributed by atoms with Crippen LogP contribution in [0.25, 0.3) is 0 Å². The van der Waals surface area contributed by atoms with E-state index in [4.69, 9.17) is 5.73 Å². The third kappa shape index (κ3) is 3.99. The fourth-order valence-corrected chi connectivity index (χ4v) is 4.52. The molecule has 2 aliphatic heterocycles. The number of thiazole rings is 1. The minimum absolute atomic E-state index is 0. The summed E-state index contributed by atoms with van der Waals surface area (Å²) in [5, 5.41) is 16.9. The first-order valence-corrected chi connectivity index (χ1v) is 9.29. The van der Waals surface area contributed by atoms with Crippen molar-refractivity contribution in [3.8, 4) is 0 Å². The van der Waals surface area contributed by atoms with Crippen LogP contribution in [-0.4, -0.2) is 62.8 Å². The van der Waals surface area contributed by atoms with Crippen LogP contribution >= 0.6 is 23.1 Å². The normalized spacial score (nSPS) is 21.8. The molecule has 1 aromatic heterocycles. The topological polar surface area (TPSA) is 147 Å². The molecule has 1 saturated heterocycles. The molecule has 0 radical (unpaired) electrons. The van der Waals surface area contributed by atoms with E-state index in [1.807, 2.05) is 0 Å². The Labute approximate surface area is 186 Å². The van der Waals surface area contributed by atoms with Gasteiger partial charge in [-0.3, -0.25) is 14.5 Å². The quantitative estimate of drug-likeness (QED) is 0.197. The second kappa shape index (κ2) is 8.61. The molecular formula is C14H16N5NaO5S2. The number of β-lactam (4-membered cyclic amide) rings is 1. The third-order valence-electron chi connectivity index (χ3n) is 3.81. The van der Waals surface area contributed by atoms with Crippen LogP contribution in [0.15, 0.2) is 21.8 Å². The Balaban J connectivity index is 0.00000196. The van der Waals surface area contributed by atoms with Gasteiger partial charge in [0.2, 0.25) is 0 Å². The van der Waals surface area contributed by atoms with Crippen LogP contribution in [0, 0.1) is 0 Å². The van der Waals surface area contributed by atoms with E-state index in [1.54, 1.807) is 12.3 Å². The standard InChI is InChI=1S/C14H15N5O5S2.Na.H/c1-5-3-25-12-8(11(21)19(12)9(5)13(22)23)17-10(20)7(18-24-2)6-4-26-14(15)16-6;;/h4,8,12H,3H2,1-2H3,(H2,15,16)(H,17,20)(H,22,23);;/q;+1;-1/b18-7-;;/t8?,12-;;/m1../s1. The van der Waals surface area contributed by atoms with Gasteiger partial charge in [0.15, 0.2) is 10.8 Å². The number of thioether (sulfide) groups is 1. The van der Waals surface area contributed by atoms with Gasteiger partial charge in [-0.25, -0.2) is 9.78 Å². The van der Waals surface area contributed by atoms with Crippen molar-refractivity contribution in [3.63, 3.8) is 0 Å². The number of nitrogen functional groups attached to an aromatic ring is 1. The van der Waals surface area contributed by atoms with E-state index in [0.717, 1.165) is 11.3 Å². The number of carbonyl (C=O) groups excluding carboxylic acids is 2. The predicted octanol–water partition coefficient (Wildman–Crippen LogP) is -3.05. The van der Waals surface area contributed by atoms with Gasteiger partial charge in [-0.05, 0) is 12.5 Å². The number of anilines is 1. The number of amides is 2. The van der Waals surface area contributed by atoms with E-state index < -0.39 is 29.2 Å². The van der Waals surface area contributed by atoms with Crippen LogP contribution in [0.2, 0.25) is 0 Å². The number of oxime groups is 1. The van der Waals surface area contributed by atoms with Crippen molar-refractivity contribution in [2.75, 3.05) is 18.6 Å². The summed E-state index contributed by atoms with van der Waals surface area (Å²) in [7, 11) is 1.28. The Morgan fingerprint density at radius 3 is 2.81 bits per heavy atom. The zero-order valence-corrected chi connectivity index (χ0v) is 18.4. The zero-order chi connectivity index (χ0) is 19.0. The van der Waals surface area contributed by atoms with Crippen LogP contribution in [-0.2, 0) is 19.2 Å². The molecule has 140 valence electrons. The number of hydrogen-bond acceptors (Lipinski definition) is 9. The van der Waals surface area contributed by atoms with Gasteiger partial charge in [-0.15, -0.1) is 23.1 Å². The Kier molecular flexibility index (Phi) is 6.92. The van der Waals surface area contributed by atoms with Gasteiger partial charge in [0.05, 0.1) is 0 Å². The van der Waals surface area contributed by atoms with E-state index in [2.05, 4.69) is 20.3 Å². The molecule has 3 rings (SSSR count). The largest absolute Gasteiger partial charge is 1.00 e. The first-order valence-electron chi connectivity index (χ1n) is 7.36. The maximum Gasteiger partial charge on any atom is 1.00 e. The fraction of sp³-hybridized carbons (Fsp3) is 0.357. The smallest absolute Gasteiger partial charge is 1.00 e. The Hall–Kier alpha value is -1.60. The Morgan fingerprint density at radius 1 is 1.56 bits per heavy atom. The molecular weight excluding hydrogens is 405 g/mol. The average Bonchev–Trinajstić information content (AvgIpc) is 3.02. The molecule has 1 unspecified atom stereocenters. The van der Waals surface area contributed by atoms with Gasteiger partial charge < -0.3 is 22.4 Å². The second-order valence-corrected chi connectivity index (χ2v) is 7.48. The summed E-state index contributed by atoms with van der Waals surface area (Å²) in [5.74, 6) is -1.84. The van der Waals surface area contributed by atoms with Crippen molar-refractivity contribution in [1.82, 2.24) is 15.2 Å². The van der Waals surface area contributed by atoms with Gasteiger partial charge in [0, 0.05) is 11.1 Å². The Bertz CT molecular complexity index is 861. The van der Waals surface area contributed by atoms with Gasteiger partial charge in [-0.1, -0.05) is 5.16 Å². The van der Waals surface area contributed by atoms with Crippen molar-refractivity contribution in [2.24, 2.45) is 5.16 Å². The molecule has 1 fully saturated rings. The van der Waals surface area contributed by atoms with Crippen molar-refractivity contribution in [3.05, 3.63) is 22.3 Å². The summed E-state index contributed by atoms with van der Waals surface area (Å²) >= 11 is 2.52. The van der Waals surface area contributed by atoms with E-state index in [1.165, 1.54) is 23.8 Å². The minimum Gasteiger partial charge on any atom is -1.00 e. The summed E-state index contributed by atoms with van der Waals surface area (Å²) in [4.78, 5) is 46.2. The zero-order valence-electron chi connectivity index (χ0n) is 15.8. The van der Waals surface area contributed by atoms with E-state index in [0.29, 0.717) is 11.3 Å². The van der Waals surface area contributed by atoms with Crippen LogP contribution in [0.4, 0.5) is 5.13 Å². The number of carboxylic acid groups (broad SMARTS) is 1. The molecule has 0 bridgehead atoms. The van der Waals surface area contributed by atoms with Crippen molar-refractivity contribution in [1.29, 1.82) is 0 Å². The molecule has 4 N–H and O–H groups in total. The Morgan fingerprint density at radius 2 is 2.26 bits per heavy atom. The molecule has 13 heteroatoms. The number of nitrogens with one attached hydrogen (secondary N) is 1. The summed E-state index contributed by atoms with van der Waals surface area (Å²) in [5.41, 5.74) is 6.27.